The van der Waals surface area contributed by atoms with Gasteiger partial charge in [0.05, 0.1) is 16.3 Å². The summed E-state index contributed by atoms with van der Waals surface area (Å²) in [5, 5.41) is 17.4. The van der Waals surface area contributed by atoms with Crippen LogP contribution in [0.15, 0.2) is 12.1 Å². The molecule has 1 aromatic carbocycles. The van der Waals surface area contributed by atoms with Crippen molar-refractivity contribution in [3.05, 3.63) is 22.7 Å². The van der Waals surface area contributed by atoms with E-state index in [1.807, 2.05) is 0 Å². The van der Waals surface area contributed by atoms with Crippen molar-refractivity contribution in [2.45, 2.75) is 12.5 Å². The molecule has 0 aliphatic heterocycles. The van der Waals surface area contributed by atoms with Gasteiger partial charge in [0.25, 0.3) is 0 Å². The number of hydrogen-bond acceptors (Lipinski definition) is 4. The van der Waals surface area contributed by atoms with Crippen LogP contribution >= 0.6 is 11.6 Å². The minimum absolute atomic E-state index is 0.179. The first-order valence-corrected chi connectivity index (χ1v) is 4.75. The first-order valence-electron chi connectivity index (χ1n) is 4.38. The first kappa shape index (κ1) is 14.4. The van der Waals surface area contributed by atoms with Crippen LogP contribution < -0.4 is 10.5 Å². The number of aliphatic hydroxyl groups excluding tert-OH is 1. The lowest BCUT2D eigenvalue weighted by molar-refractivity contribution is -0.275. The number of anilines is 1. The number of aliphatic hydroxyl groups is 1. The highest BCUT2D eigenvalue weighted by Crippen LogP contribution is 2.38. The van der Waals surface area contributed by atoms with Gasteiger partial charge in [-0.05, 0) is 12.1 Å². The van der Waals surface area contributed by atoms with Gasteiger partial charge in [-0.15, -0.1) is 13.2 Å². The van der Waals surface area contributed by atoms with Crippen molar-refractivity contribution in [2.24, 2.45) is 0 Å². The number of nitrogen functional groups attached to an aromatic ring is 1. The van der Waals surface area contributed by atoms with Crippen LogP contribution in [-0.4, -0.2) is 22.5 Å². The van der Waals surface area contributed by atoms with Gasteiger partial charge in [0.15, 0.2) is 6.10 Å². The highest BCUT2D eigenvalue weighted by atomic mass is 35.5. The molecule has 0 bridgehead atoms. The lowest BCUT2D eigenvalue weighted by Crippen LogP contribution is -2.20. The Hall–Kier alpha value is -1.67. The minimum Gasteiger partial charge on any atom is -0.479 e. The van der Waals surface area contributed by atoms with Gasteiger partial charge in [0, 0.05) is 0 Å². The van der Waals surface area contributed by atoms with Gasteiger partial charge < -0.3 is 20.7 Å². The summed E-state index contributed by atoms with van der Waals surface area (Å²) in [7, 11) is 0. The predicted octanol–water partition coefficient (Wildman–Crippen LogP) is 1.94. The van der Waals surface area contributed by atoms with E-state index in [-0.39, 0.29) is 5.69 Å². The van der Waals surface area contributed by atoms with E-state index in [2.05, 4.69) is 4.74 Å². The van der Waals surface area contributed by atoms with Crippen molar-refractivity contribution in [3.63, 3.8) is 0 Å². The van der Waals surface area contributed by atoms with E-state index in [0.29, 0.717) is 0 Å². The minimum atomic E-state index is -5.05. The van der Waals surface area contributed by atoms with E-state index >= 15 is 0 Å². The molecular formula is C9H7ClF3NO4. The molecule has 0 fully saturated rings. The smallest absolute Gasteiger partial charge is 0.479 e. The fourth-order valence-electron chi connectivity index (χ4n) is 1.18. The molecule has 0 saturated carbocycles. The maximum atomic E-state index is 12.1. The second-order valence-electron chi connectivity index (χ2n) is 3.17. The average Bonchev–Trinajstić information content (AvgIpc) is 2.21. The molecule has 100 valence electrons. The summed E-state index contributed by atoms with van der Waals surface area (Å²) in [5.74, 6) is -2.70. The van der Waals surface area contributed by atoms with Crippen LogP contribution in [0, 0.1) is 0 Å². The molecular weight excluding hydrogens is 279 g/mol. The Balaban J connectivity index is 3.34. The quantitative estimate of drug-likeness (QED) is 0.738. The Morgan fingerprint density at radius 3 is 2.44 bits per heavy atom. The number of carbonyl (C=O) groups is 1. The number of nitrogens with two attached hydrogens (primary N) is 1. The van der Waals surface area contributed by atoms with E-state index in [1.165, 1.54) is 0 Å². The molecule has 4 N–H and O–H groups in total. The van der Waals surface area contributed by atoms with Crippen LogP contribution in [0.25, 0.3) is 0 Å². The number of ether oxygens (including phenoxy) is 1. The topological polar surface area (TPSA) is 92.8 Å². The molecule has 0 heterocycles. The molecule has 1 atom stereocenters. The van der Waals surface area contributed by atoms with Gasteiger partial charge in [0.2, 0.25) is 0 Å². The number of benzene rings is 1. The number of carboxylic acid groups (broad SMARTS) is 1. The van der Waals surface area contributed by atoms with Crippen molar-refractivity contribution in [1.82, 2.24) is 0 Å². The second kappa shape index (κ2) is 4.91. The van der Waals surface area contributed by atoms with Crippen LogP contribution in [0.2, 0.25) is 5.02 Å². The largest absolute Gasteiger partial charge is 0.573 e. The number of aliphatic carboxylic acids is 1. The molecule has 0 spiro atoms. The van der Waals surface area contributed by atoms with Gasteiger partial charge in [-0.25, -0.2) is 4.79 Å². The van der Waals surface area contributed by atoms with Gasteiger partial charge in [-0.3, -0.25) is 0 Å². The summed E-state index contributed by atoms with van der Waals surface area (Å²) in [5.41, 5.74) is 4.39. The molecule has 1 unspecified atom stereocenters. The van der Waals surface area contributed by atoms with Crippen LogP contribution in [0.5, 0.6) is 5.75 Å². The summed E-state index contributed by atoms with van der Waals surface area (Å²) in [6.07, 6.45) is -7.33. The normalized spacial score (nSPS) is 13.2. The van der Waals surface area contributed by atoms with E-state index in [0.717, 1.165) is 12.1 Å². The number of carboxylic acids is 1. The van der Waals surface area contributed by atoms with Crippen LogP contribution in [-0.2, 0) is 4.79 Å². The fraction of sp³-hybridized carbons (Fsp3) is 0.222. The Morgan fingerprint density at radius 1 is 1.44 bits per heavy atom. The van der Waals surface area contributed by atoms with Gasteiger partial charge in [-0.2, -0.15) is 0 Å². The first-order chi connectivity index (χ1) is 8.13. The zero-order valence-electron chi connectivity index (χ0n) is 8.53. The molecule has 9 heteroatoms. The third kappa shape index (κ3) is 3.17. The highest BCUT2D eigenvalue weighted by Gasteiger charge is 2.35. The molecule has 18 heavy (non-hydrogen) atoms. The molecule has 0 radical (unpaired) electrons. The lowest BCUT2D eigenvalue weighted by Gasteiger charge is -2.17. The lowest BCUT2D eigenvalue weighted by atomic mass is 10.1. The maximum Gasteiger partial charge on any atom is 0.573 e. The van der Waals surface area contributed by atoms with E-state index in [9.17, 15) is 23.1 Å². The summed E-state index contributed by atoms with van der Waals surface area (Å²) in [4.78, 5) is 10.6. The summed E-state index contributed by atoms with van der Waals surface area (Å²) in [6, 6.07) is 1.78. The van der Waals surface area contributed by atoms with E-state index < -0.39 is 34.8 Å². The fourth-order valence-corrected chi connectivity index (χ4v) is 1.44. The Labute approximate surface area is 104 Å². The van der Waals surface area contributed by atoms with Crippen molar-refractivity contribution >= 4 is 23.3 Å². The Bertz CT molecular complexity index is 478. The molecule has 0 aliphatic carbocycles. The Morgan fingerprint density at radius 2 is 2.00 bits per heavy atom. The van der Waals surface area contributed by atoms with Crippen molar-refractivity contribution < 1.29 is 32.9 Å². The monoisotopic (exact) mass is 285 g/mol. The molecule has 1 rings (SSSR count). The van der Waals surface area contributed by atoms with Crippen molar-refractivity contribution in [1.29, 1.82) is 0 Å². The zero-order valence-corrected chi connectivity index (χ0v) is 9.29. The number of alkyl halides is 3. The molecule has 0 amide bonds. The number of hydrogen-bond donors (Lipinski definition) is 3. The summed E-state index contributed by atoms with van der Waals surface area (Å²) >= 11 is 5.57. The van der Waals surface area contributed by atoms with Crippen molar-refractivity contribution in [2.75, 3.05) is 5.73 Å². The standard InChI is InChI=1S/C9H7ClF3NO4/c10-6-3(14)1-2-4(18-9(11,12)13)5(6)7(15)8(16)17/h1-2,7,15H,14H2,(H,16,17). The third-order valence-corrected chi connectivity index (χ3v) is 2.32. The summed E-state index contributed by atoms with van der Waals surface area (Å²) in [6.45, 7) is 0. The average molecular weight is 286 g/mol. The van der Waals surface area contributed by atoms with Gasteiger partial charge >= 0.3 is 12.3 Å². The van der Waals surface area contributed by atoms with Gasteiger partial charge in [-0.1, -0.05) is 11.6 Å². The number of halogens is 4. The SMILES string of the molecule is Nc1ccc(OC(F)(F)F)c(C(O)C(=O)O)c1Cl. The van der Waals surface area contributed by atoms with Crippen LogP contribution in [0.4, 0.5) is 18.9 Å². The Kier molecular flexibility index (Phi) is 3.92. The van der Waals surface area contributed by atoms with Crippen LogP contribution in [0.3, 0.4) is 0 Å². The van der Waals surface area contributed by atoms with E-state index in [4.69, 9.17) is 22.4 Å². The molecule has 0 aliphatic rings. The zero-order chi connectivity index (χ0) is 14.1. The summed E-state index contributed by atoms with van der Waals surface area (Å²) < 4.78 is 39.9. The third-order valence-electron chi connectivity index (χ3n) is 1.90. The second-order valence-corrected chi connectivity index (χ2v) is 3.55. The predicted molar refractivity (Wildman–Crippen MR) is 55.1 cm³/mol. The molecule has 1 aromatic rings. The molecule has 0 saturated heterocycles. The number of rotatable bonds is 3. The van der Waals surface area contributed by atoms with Crippen LogP contribution in [0.1, 0.15) is 11.7 Å². The van der Waals surface area contributed by atoms with Crippen molar-refractivity contribution in [3.8, 4) is 5.75 Å². The maximum absolute atomic E-state index is 12.1. The van der Waals surface area contributed by atoms with E-state index in [1.54, 1.807) is 0 Å². The molecule has 0 aromatic heterocycles. The highest BCUT2D eigenvalue weighted by molar-refractivity contribution is 6.34. The van der Waals surface area contributed by atoms with Gasteiger partial charge in [0.1, 0.15) is 5.75 Å². The molecule has 5 nitrogen and oxygen atoms in total.